The van der Waals surface area contributed by atoms with Gasteiger partial charge in [0.05, 0.1) is 22.4 Å². The second-order valence-electron chi connectivity index (χ2n) is 14.1. The van der Waals surface area contributed by atoms with Crippen molar-refractivity contribution in [1.82, 2.24) is 4.57 Å². The first kappa shape index (κ1) is 33.2. The van der Waals surface area contributed by atoms with Crippen molar-refractivity contribution in [2.45, 2.75) is 0 Å². The summed E-state index contributed by atoms with van der Waals surface area (Å²) in [6, 6.07) is 83.0. The molecule has 0 unspecified atom stereocenters. The summed E-state index contributed by atoms with van der Waals surface area (Å²) >= 11 is 0. The summed E-state index contributed by atoms with van der Waals surface area (Å²) in [5.74, 6) is 0. The highest BCUT2D eigenvalue weighted by molar-refractivity contribution is 6.11. The fraction of sp³-hybridized carbons (Fsp3) is 0. The maximum atomic E-state index is 2.44. The van der Waals surface area contributed by atoms with Crippen LogP contribution in [-0.2, 0) is 0 Å². The molecule has 10 aromatic rings. The molecule has 1 aromatic heterocycles. The Morgan fingerprint density at radius 1 is 0.286 bits per heavy atom. The predicted molar refractivity (Wildman–Crippen MR) is 237 cm³/mol. The van der Waals surface area contributed by atoms with Crippen LogP contribution in [0.3, 0.4) is 0 Å². The molecule has 0 bridgehead atoms. The van der Waals surface area contributed by atoms with E-state index in [0.717, 1.165) is 33.9 Å². The lowest BCUT2D eigenvalue weighted by molar-refractivity contribution is 1.18. The van der Waals surface area contributed by atoms with Gasteiger partial charge in [0.25, 0.3) is 0 Å². The van der Waals surface area contributed by atoms with Crippen LogP contribution in [0.5, 0.6) is 0 Å². The molecular weight excluding hydrogens is 677 g/mol. The third kappa shape index (κ3) is 6.04. The Morgan fingerprint density at radius 3 is 1.32 bits per heavy atom. The molecule has 0 aliphatic rings. The first-order chi connectivity index (χ1) is 27.8. The Bertz CT molecular complexity index is 2840. The highest BCUT2D eigenvalue weighted by Gasteiger charge is 2.21. The number of para-hydroxylation sites is 3. The Morgan fingerprint density at radius 2 is 0.714 bits per heavy atom. The second-order valence-corrected chi connectivity index (χ2v) is 14.1. The van der Waals surface area contributed by atoms with Crippen LogP contribution in [0.15, 0.2) is 231 Å². The molecule has 0 saturated heterocycles. The van der Waals surface area contributed by atoms with E-state index in [4.69, 9.17) is 0 Å². The van der Waals surface area contributed by atoms with E-state index in [-0.39, 0.29) is 0 Å². The van der Waals surface area contributed by atoms with Gasteiger partial charge >= 0.3 is 0 Å². The molecule has 9 aromatic carbocycles. The van der Waals surface area contributed by atoms with Crippen LogP contribution < -0.4 is 4.90 Å². The van der Waals surface area contributed by atoms with Gasteiger partial charge in [0.1, 0.15) is 0 Å². The number of benzene rings is 9. The van der Waals surface area contributed by atoms with Crippen LogP contribution in [0.2, 0.25) is 0 Å². The van der Waals surface area contributed by atoms with Crippen LogP contribution in [0.4, 0.5) is 17.1 Å². The lowest BCUT2D eigenvalue weighted by atomic mass is 9.98. The number of rotatable bonds is 8. The zero-order valence-electron chi connectivity index (χ0n) is 30.8. The number of aromatic nitrogens is 1. The fourth-order valence-electron chi connectivity index (χ4n) is 8.13. The first-order valence-corrected chi connectivity index (χ1v) is 19.2. The van der Waals surface area contributed by atoms with E-state index >= 15 is 0 Å². The zero-order chi connectivity index (χ0) is 37.3. The van der Waals surface area contributed by atoms with Crippen molar-refractivity contribution in [3.8, 4) is 50.2 Å². The van der Waals surface area contributed by atoms with Gasteiger partial charge in [0.2, 0.25) is 0 Å². The molecule has 0 radical (unpaired) electrons. The van der Waals surface area contributed by atoms with E-state index in [1.165, 1.54) is 55.2 Å². The van der Waals surface area contributed by atoms with Gasteiger partial charge in [-0.2, -0.15) is 0 Å². The van der Waals surface area contributed by atoms with Crippen LogP contribution >= 0.6 is 0 Å². The highest BCUT2D eigenvalue weighted by atomic mass is 15.1. The highest BCUT2D eigenvalue weighted by Crippen LogP contribution is 2.45. The van der Waals surface area contributed by atoms with Gasteiger partial charge in [-0.15, -0.1) is 0 Å². The summed E-state index contributed by atoms with van der Waals surface area (Å²) in [6.45, 7) is 0. The van der Waals surface area contributed by atoms with Crippen LogP contribution in [0.1, 0.15) is 0 Å². The number of nitrogens with zero attached hydrogens (tertiary/aromatic N) is 2. The number of hydrogen-bond donors (Lipinski definition) is 0. The molecule has 0 amide bonds. The summed E-state index contributed by atoms with van der Waals surface area (Å²) in [7, 11) is 0. The Kier molecular flexibility index (Phi) is 8.55. The molecular formula is C54H38N2. The van der Waals surface area contributed by atoms with Crippen molar-refractivity contribution >= 4 is 38.9 Å². The van der Waals surface area contributed by atoms with Gasteiger partial charge in [0, 0.05) is 33.3 Å². The second kappa shape index (κ2) is 14.4. The maximum Gasteiger partial charge on any atom is 0.0541 e. The van der Waals surface area contributed by atoms with Gasteiger partial charge in [-0.1, -0.05) is 176 Å². The van der Waals surface area contributed by atoms with Crippen LogP contribution in [0.25, 0.3) is 72.0 Å². The van der Waals surface area contributed by atoms with Crippen molar-refractivity contribution in [3.05, 3.63) is 231 Å². The number of anilines is 3. The van der Waals surface area contributed by atoms with Gasteiger partial charge < -0.3 is 9.47 Å². The summed E-state index contributed by atoms with van der Waals surface area (Å²) in [4.78, 5) is 2.40. The molecule has 10 rings (SSSR count). The third-order valence-electron chi connectivity index (χ3n) is 10.8. The molecule has 0 spiro atoms. The van der Waals surface area contributed by atoms with E-state index in [2.05, 4.69) is 240 Å². The predicted octanol–water partition coefficient (Wildman–Crippen LogP) is 14.9. The van der Waals surface area contributed by atoms with E-state index in [0.29, 0.717) is 0 Å². The molecule has 264 valence electrons. The largest absolute Gasteiger partial charge is 0.310 e. The SMILES string of the molecule is c1ccc(-c2ccc(N(c3ccc(-c4ccccc4)cc3)c3ccccc3-c3ccccc3-n3c4ccccc4c4cc(-c5ccccc5)ccc43)cc2)cc1. The van der Waals surface area contributed by atoms with E-state index in [1.54, 1.807) is 0 Å². The minimum Gasteiger partial charge on any atom is -0.310 e. The van der Waals surface area contributed by atoms with Crippen molar-refractivity contribution in [2.24, 2.45) is 0 Å². The van der Waals surface area contributed by atoms with E-state index < -0.39 is 0 Å². The number of hydrogen-bond acceptors (Lipinski definition) is 1. The normalized spacial score (nSPS) is 11.2. The monoisotopic (exact) mass is 714 g/mol. The quantitative estimate of drug-likeness (QED) is 0.152. The lowest BCUT2D eigenvalue weighted by Crippen LogP contribution is -2.11. The molecule has 56 heavy (non-hydrogen) atoms. The molecule has 0 aliphatic carbocycles. The van der Waals surface area contributed by atoms with Crippen molar-refractivity contribution in [1.29, 1.82) is 0 Å². The van der Waals surface area contributed by atoms with Crippen molar-refractivity contribution < 1.29 is 0 Å². The van der Waals surface area contributed by atoms with Crippen molar-refractivity contribution in [3.63, 3.8) is 0 Å². The minimum absolute atomic E-state index is 1.09. The molecule has 2 heteroatoms. The molecule has 0 N–H and O–H groups in total. The fourth-order valence-corrected chi connectivity index (χ4v) is 8.13. The van der Waals surface area contributed by atoms with Gasteiger partial charge in [-0.25, -0.2) is 0 Å². The van der Waals surface area contributed by atoms with Crippen LogP contribution in [-0.4, -0.2) is 4.57 Å². The summed E-state index contributed by atoms with van der Waals surface area (Å²) in [5.41, 5.74) is 16.3. The molecule has 0 fully saturated rings. The Balaban J connectivity index is 1.15. The third-order valence-corrected chi connectivity index (χ3v) is 10.8. The Hall–Kier alpha value is -7.42. The van der Waals surface area contributed by atoms with Gasteiger partial charge in [0.15, 0.2) is 0 Å². The van der Waals surface area contributed by atoms with Crippen molar-refractivity contribution in [2.75, 3.05) is 4.90 Å². The summed E-state index contributed by atoms with van der Waals surface area (Å²) in [5, 5.41) is 2.48. The first-order valence-electron chi connectivity index (χ1n) is 19.2. The minimum atomic E-state index is 1.09. The maximum absolute atomic E-state index is 2.44. The zero-order valence-corrected chi connectivity index (χ0v) is 30.8. The summed E-state index contributed by atoms with van der Waals surface area (Å²) < 4.78 is 2.44. The average molecular weight is 715 g/mol. The Labute approximate surface area is 327 Å². The standard InChI is InChI=1S/C54H38N2/c1-4-16-39(17-5-1)42-28-33-45(34-29-42)55(46-35-30-43(31-36-46)40-18-6-2-7-19-40)51-25-13-10-22-47(51)48-23-11-14-26-52(48)56-53-27-15-12-24-49(53)50-38-44(32-37-54(50)56)41-20-8-3-9-21-41/h1-38H. The van der Waals surface area contributed by atoms with Crippen LogP contribution in [0, 0.1) is 0 Å². The van der Waals surface area contributed by atoms with Gasteiger partial charge in [-0.3, -0.25) is 0 Å². The molecule has 1 heterocycles. The smallest absolute Gasteiger partial charge is 0.0541 e. The number of fused-ring (bicyclic) bond motifs is 3. The molecule has 2 nitrogen and oxygen atoms in total. The van der Waals surface area contributed by atoms with Gasteiger partial charge in [-0.05, 0) is 88.0 Å². The topological polar surface area (TPSA) is 8.17 Å². The van der Waals surface area contributed by atoms with E-state index in [9.17, 15) is 0 Å². The molecule has 0 atom stereocenters. The molecule has 0 aliphatic heterocycles. The lowest BCUT2D eigenvalue weighted by Gasteiger charge is -2.29. The average Bonchev–Trinajstić information content (AvgIpc) is 3.61. The molecule has 0 saturated carbocycles. The van der Waals surface area contributed by atoms with E-state index in [1.807, 2.05) is 0 Å². The summed E-state index contributed by atoms with van der Waals surface area (Å²) in [6.07, 6.45) is 0.